The predicted molar refractivity (Wildman–Crippen MR) is 95.6 cm³/mol. The molecule has 24 heavy (non-hydrogen) atoms. The molecule has 1 unspecified atom stereocenters. The Hall–Kier alpha value is -0.640. The molecule has 0 aromatic carbocycles. The van der Waals surface area contributed by atoms with Crippen molar-refractivity contribution in [2.75, 3.05) is 46.1 Å². The quantitative estimate of drug-likeness (QED) is 0.267. The summed E-state index contributed by atoms with van der Waals surface area (Å²) in [5.74, 6) is 0. The van der Waals surface area contributed by atoms with Crippen LogP contribution < -0.4 is 10.5 Å². The molecule has 0 aromatic heterocycles. The number of nitrogens with one attached hydrogen (secondary N) is 1. The van der Waals surface area contributed by atoms with E-state index in [0.29, 0.717) is 39.4 Å². The van der Waals surface area contributed by atoms with Gasteiger partial charge in [0, 0.05) is 38.7 Å². The monoisotopic (exact) mass is 361 g/mol. The lowest BCUT2D eigenvalue weighted by atomic mass is 10.1. The highest BCUT2D eigenvalue weighted by molar-refractivity contribution is 7.80. The third kappa shape index (κ3) is 10.3. The normalized spacial score (nSPS) is 17.7. The lowest BCUT2D eigenvalue weighted by Gasteiger charge is -2.28. The van der Waals surface area contributed by atoms with Crippen LogP contribution in [0.15, 0.2) is 12.2 Å². The van der Waals surface area contributed by atoms with Gasteiger partial charge in [-0.1, -0.05) is 12.2 Å². The molecule has 1 aliphatic rings. The maximum atomic E-state index is 12.0. The first-order valence-electron chi connectivity index (χ1n) is 8.55. The number of carbonyl (C=O) groups is 1. The highest BCUT2D eigenvalue weighted by Gasteiger charge is 2.20. The maximum Gasteiger partial charge on any atom is 0.169 e. The number of piperidine rings is 1. The number of nitrogens with zero attached hydrogens (tertiary/aromatic N) is 1. The highest BCUT2D eigenvalue weighted by Crippen LogP contribution is 2.09. The molecular weight excluding hydrogens is 330 g/mol. The van der Waals surface area contributed by atoms with E-state index in [4.69, 9.17) is 15.2 Å². The van der Waals surface area contributed by atoms with Crippen molar-refractivity contribution in [3.63, 3.8) is 0 Å². The summed E-state index contributed by atoms with van der Waals surface area (Å²) in [5.41, 5.74) is 6.77. The summed E-state index contributed by atoms with van der Waals surface area (Å²) in [7, 11) is 0. The molecular formula is C16H31N3O4S. The van der Waals surface area contributed by atoms with Crippen LogP contribution in [0.3, 0.4) is 0 Å². The first kappa shape index (κ1) is 21.4. The van der Waals surface area contributed by atoms with Gasteiger partial charge in [-0.15, -0.1) is 0 Å². The Labute approximate surface area is 147 Å². The van der Waals surface area contributed by atoms with Crippen molar-refractivity contribution in [1.82, 2.24) is 9.03 Å². The van der Waals surface area contributed by atoms with E-state index in [1.54, 1.807) is 0 Å². The van der Waals surface area contributed by atoms with Gasteiger partial charge in [-0.05, 0) is 25.7 Å². The van der Waals surface area contributed by atoms with Crippen LogP contribution in [0.5, 0.6) is 0 Å². The summed E-state index contributed by atoms with van der Waals surface area (Å²) in [6, 6.07) is 0.240. The van der Waals surface area contributed by atoms with Crippen molar-refractivity contribution >= 4 is 17.5 Å². The summed E-state index contributed by atoms with van der Waals surface area (Å²) in [5, 5.41) is 0. The molecule has 0 saturated carbocycles. The minimum Gasteiger partial charge on any atom is -0.379 e. The van der Waals surface area contributed by atoms with Gasteiger partial charge in [0.2, 0.25) is 0 Å². The Balaban J connectivity index is 1.86. The van der Waals surface area contributed by atoms with Gasteiger partial charge in [0.1, 0.15) is 6.29 Å². The van der Waals surface area contributed by atoms with Gasteiger partial charge in [-0.3, -0.25) is 0 Å². The molecule has 0 radical (unpaired) electrons. The lowest BCUT2D eigenvalue weighted by molar-refractivity contribution is -0.107. The second-order valence-electron chi connectivity index (χ2n) is 5.86. The van der Waals surface area contributed by atoms with E-state index in [1.807, 2.05) is 4.31 Å². The van der Waals surface area contributed by atoms with Crippen LogP contribution >= 0.6 is 0 Å². The SMILES string of the molecule is C=C(CC=O)CCCOCCOCCNS(=O)N1CCC(N)CC1. The zero-order valence-corrected chi connectivity index (χ0v) is 15.2. The molecule has 7 nitrogen and oxygen atoms in total. The largest absolute Gasteiger partial charge is 0.379 e. The van der Waals surface area contributed by atoms with E-state index >= 15 is 0 Å². The van der Waals surface area contributed by atoms with Crippen molar-refractivity contribution in [2.45, 2.75) is 38.1 Å². The van der Waals surface area contributed by atoms with E-state index in [0.717, 1.165) is 50.6 Å². The fourth-order valence-corrected chi connectivity index (χ4v) is 3.28. The van der Waals surface area contributed by atoms with Gasteiger partial charge in [0.05, 0.1) is 19.8 Å². The smallest absolute Gasteiger partial charge is 0.169 e. The average Bonchev–Trinajstić information content (AvgIpc) is 2.57. The number of nitrogens with two attached hydrogens (primary N) is 1. The number of carbonyl (C=O) groups excluding carboxylic acids is 1. The molecule has 1 aliphatic heterocycles. The van der Waals surface area contributed by atoms with Gasteiger partial charge >= 0.3 is 0 Å². The van der Waals surface area contributed by atoms with Crippen molar-refractivity contribution in [3.05, 3.63) is 12.2 Å². The van der Waals surface area contributed by atoms with Gasteiger partial charge in [0.15, 0.2) is 11.2 Å². The highest BCUT2D eigenvalue weighted by atomic mass is 32.2. The summed E-state index contributed by atoms with van der Waals surface area (Å²) in [6.07, 6.45) is 4.77. The van der Waals surface area contributed by atoms with Crippen LogP contribution in [-0.4, -0.2) is 66.9 Å². The van der Waals surface area contributed by atoms with Gasteiger partial charge in [-0.25, -0.2) is 13.2 Å². The molecule has 8 heteroatoms. The van der Waals surface area contributed by atoms with Gasteiger partial charge in [0.25, 0.3) is 0 Å². The van der Waals surface area contributed by atoms with Crippen molar-refractivity contribution in [3.8, 4) is 0 Å². The van der Waals surface area contributed by atoms with E-state index < -0.39 is 11.2 Å². The van der Waals surface area contributed by atoms with Crippen molar-refractivity contribution in [2.24, 2.45) is 5.73 Å². The zero-order valence-electron chi connectivity index (χ0n) is 14.4. The number of hydrogen-bond donors (Lipinski definition) is 2. The van der Waals surface area contributed by atoms with Crippen LogP contribution in [0.25, 0.3) is 0 Å². The molecule has 1 fully saturated rings. The molecule has 0 aromatic rings. The standard InChI is InChI=1S/C16H31N3O4S/c1-15(6-10-20)3-2-11-22-13-14-23-12-7-18-24(21)19-8-4-16(17)5-9-19/h10,16,18H,1-9,11-14,17H2. The third-order valence-corrected chi connectivity index (χ3v) is 5.05. The maximum absolute atomic E-state index is 12.0. The first-order chi connectivity index (χ1) is 11.6. The van der Waals surface area contributed by atoms with E-state index in [2.05, 4.69) is 11.3 Å². The van der Waals surface area contributed by atoms with E-state index in [-0.39, 0.29) is 6.04 Å². The topological polar surface area (TPSA) is 93.9 Å². The minimum absolute atomic E-state index is 0.240. The summed E-state index contributed by atoms with van der Waals surface area (Å²) in [4.78, 5) is 10.3. The lowest BCUT2D eigenvalue weighted by Crippen LogP contribution is -2.44. The zero-order chi connectivity index (χ0) is 17.6. The number of rotatable bonds is 14. The molecule has 1 rings (SSSR count). The Morgan fingerprint density at radius 1 is 1.25 bits per heavy atom. The third-order valence-electron chi connectivity index (χ3n) is 3.77. The molecule has 0 bridgehead atoms. The van der Waals surface area contributed by atoms with Crippen molar-refractivity contribution < 1.29 is 18.5 Å². The fourth-order valence-electron chi connectivity index (χ4n) is 2.30. The summed E-state index contributed by atoms with van der Waals surface area (Å²) in [6.45, 7) is 8.09. The van der Waals surface area contributed by atoms with Crippen LogP contribution in [0, 0.1) is 0 Å². The Kier molecular flexibility index (Phi) is 12.2. The number of aldehydes is 1. The van der Waals surface area contributed by atoms with E-state index in [9.17, 15) is 9.00 Å². The molecule has 3 N–H and O–H groups in total. The second-order valence-corrected chi connectivity index (χ2v) is 7.16. The molecule has 0 spiro atoms. The Morgan fingerprint density at radius 2 is 1.92 bits per heavy atom. The van der Waals surface area contributed by atoms with Crippen LogP contribution in [0.4, 0.5) is 0 Å². The molecule has 1 heterocycles. The molecule has 1 saturated heterocycles. The Morgan fingerprint density at radius 3 is 2.58 bits per heavy atom. The first-order valence-corrected chi connectivity index (χ1v) is 9.66. The minimum atomic E-state index is -1.16. The average molecular weight is 362 g/mol. The molecule has 1 atom stereocenters. The second kappa shape index (κ2) is 13.6. The van der Waals surface area contributed by atoms with Gasteiger partial charge < -0.3 is 20.0 Å². The van der Waals surface area contributed by atoms with Crippen LogP contribution in [-0.2, 0) is 25.4 Å². The van der Waals surface area contributed by atoms with Crippen molar-refractivity contribution in [1.29, 1.82) is 0 Å². The van der Waals surface area contributed by atoms with E-state index in [1.165, 1.54) is 0 Å². The van der Waals surface area contributed by atoms with Crippen LogP contribution in [0.2, 0.25) is 0 Å². The summed E-state index contributed by atoms with van der Waals surface area (Å²) < 4.78 is 27.7. The summed E-state index contributed by atoms with van der Waals surface area (Å²) >= 11 is -1.16. The number of hydrogen-bond acceptors (Lipinski definition) is 5. The predicted octanol–water partition coefficient (Wildman–Crippen LogP) is 0.536. The van der Waals surface area contributed by atoms with Gasteiger partial charge in [-0.2, -0.15) is 0 Å². The molecule has 0 aliphatic carbocycles. The molecule has 0 amide bonds. The number of allylic oxidation sites excluding steroid dienone is 1. The fraction of sp³-hybridized carbons (Fsp3) is 0.812. The Bertz CT molecular complexity index is 388. The number of ether oxygens (including phenoxy) is 2. The molecule has 140 valence electrons. The van der Waals surface area contributed by atoms with Crippen LogP contribution in [0.1, 0.15) is 32.1 Å².